The molecule has 1 aromatic carbocycles. The molecule has 0 spiro atoms. The maximum absolute atomic E-state index is 12.2. The van der Waals surface area contributed by atoms with Gasteiger partial charge in [0, 0.05) is 12.2 Å². The number of ether oxygens (including phenoxy) is 1. The van der Waals surface area contributed by atoms with Gasteiger partial charge in [0.2, 0.25) is 5.91 Å². The number of hydrogen-bond donors (Lipinski definition) is 3. The van der Waals surface area contributed by atoms with Crippen LogP contribution in [0.4, 0.5) is 5.69 Å². The van der Waals surface area contributed by atoms with Crippen LogP contribution in [0.5, 0.6) is 0 Å². The summed E-state index contributed by atoms with van der Waals surface area (Å²) in [6.45, 7) is 4.96. The number of nitrogens with one attached hydrogen (secondary N) is 3. The highest BCUT2D eigenvalue weighted by Crippen LogP contribution is 2.34. The second-order valence-corrected chi connectivity index (χ2v) is 6.66. The van der Waals surface area contributed by atoms with E-state index in [1.807, 2.05) is 25.1 Å². The van der Waals surface area contributed by atoms with Crippen molar-refractivity contribution in [1.29, 1.82) is 0 Å². The minimum Gasteiger partial charge on any atom is -0.373 e. The van der Waals surface area contributed by atoms with E-state index in [1.54, 1.807) is 0 Å². The Morgan fingerprint density at radius 3 is 2.88 bits per heavy atom. The molecule has 2 heterocycles. The number of nitrogens with zero attached hydrogens (tertiary/aromatic N) is 1. The van der Waals surface area contributed by atoms with Crippen LogP contribution >= 0.6 is 0 Å². The van der Waals surface area contributed by atoms with Gasteiger partial charge in [-0.2, -0.15) is 0 Å². The second-order valence-electron chi connectivity index (χ2n) is 6.66. The molecule has 136 valence electrons. The fraction of sp³-hybridized carbons (Fsp3) is 0.579. The zero-order valence-corrected chi connectivity index (χ0v) is 15.0. The van der Waals surface area contributed by atoms with E-state index >= 15 is 0 Å². The van der Waals surface area contributed by atoms with Gasteiger partial charge in [-0.15, -0.1) is 0 Å². The predicted octanol–water partition coefficient (Wildman–Crippen LogP) is 2.06. The lowest BCUT2D eigenvalue weighted by Gasteiger charge is -2.22. The molecule has 6 heteroatoms. The number of fused-ring (bicyclic) bond motifs is 2. The van der Waals surface area contributed by atoms with Crippen LogP contribution in [0.25, 0.3) is 0 Å². The molecule has 2 aliphatic rings. The minimum atomic E-state index is -0.116. The Kier molecular flexibility index (Phi) is 5.91. The Hall–Kier alpha value is -2.08. The van der Waals surface area contributed by atoms with Crippen LogP contribution < -0.4 is 16.0 Å². The van der Waals surface area contributed by atoms with Crippen molar-refractivity contribution in [2.24, 2.45) is 4.99 Å². The van der Waals surface area contributed by atoms with E-state index in [2.05, 4.69) is 33.9 Å². The fourth-order valence-corrected chi connectivity index (χ4v) is 3.51. The number of guanidine groups is 1. The average molecular weight is 344 g/mol. The summed E-state index contributed by atoms with van der Waals surface area (Å²) in [7, 11) is 0. The smallest absolute Gasteiger partial charge is 0.246 e. The van der Waals surface area contributed by atoms with Crippen LogP contribution in [0.1, 0.15) is 38.7 Å². The molecule has 2 fully saturated rings. The van der Waals surface area contributed by atoms with Crippen molar-refractivity contribution < 1.29 is 9.53 Å². The number of aryl methyl sites for hydroxylation is 1. The van der Waals surface area contributed by atoms with Crippen molar-refractivity contribution >= 4 is 17.6 Å². The van der Waals surface area contributed by atoms with Crippen molar-refractivity contribution in [1.82, 2.24) is 10.6 Å². The van der Waals surface area contributed by atoms with Crippen LogP contribution in [0.3, 0.4) is 0 Å². The topological polar surface area (TPSA) is 74.8 Å². The Morgan fingerprint density at radius 1 is 1.32 bits per heavy atom. The number of hydrogen-bond acceptors (Lipinski definition) is 3. The molecular weight excluding hydrogens is 316 g/mol. The molecule has 3 N–H and O–H groups in total. The summed E-state index contributed by atoms with van der Waals surface area (Å²) in [5.41, 5.74) is 2.02. The maximum Gasteiger partial charge on any atom is 0.246 e. The monoisotopic (exact) mass is 344 g/mol. The lowest BCUT2D eigenvalue weighted by atomic mass is 9.96. The van der Waals surface area contributed by atoms with E-state index in [0.29, 0.717) is 18.1 Å². The first-order chi connectivity index (χ1) is 12.2. The molecule has 1 amide bonds. The lowest BCUT2D eigenvalue weighted by molar-refractivity contribution is -0.114. The van der Waals surface area contributed by atoms with Crippen molar-refractivity contribution in [3.63, 3.8) is 0 Å². The molecule has 3 atom stereocenters. The molecule has 0 radical (unpaired) electrons. The Labute approximate surface area is 149 Å². The third kappa shape index (κ3) is 4.72. The lowest BCUT2D eigenvalue weighted by Crippen LogP contribution is -2.47. The molecular formula is C19H28N4O2. The number of rotatable bonds is 6. The normalized spacial score (nSPS) is 25.0. The first kappa shape index (κ1) is 17.7. The summed E-state index contributed by atoms with van der Waals surface area (Å²) in [5.74, 6) is 0.566. The quantitative estimate of drug-likeness (QED) is 0.545. The molecule has 0 aliphatic carbocycles. The van der Waals surface area contributed by atoms with E-state index < -0.39 is 0 Å². The van der Waals surface area contributed by atoms with Gasteiger partial charge in [0.05, 0.1) is 18.2 Å². The number of anilines is 1. The summed E-state index contributed by atoms with van der Waals surface area (Å²) in [6.07, 6.45) is 4.90. The molecule has 2 aliphatic heterocycles. The molecule has 1 aromatic rings. The molecule has 6 nitrogen and oxygen atoms in total. The van der Waals surface area contributed by atoms with Gasteiger partial charge in [-0.25, -0.2) is 4.99 Å². The summed E-state index contributed by atoms with van der Waals surface area (Å²) in [5, 5.41) is 9.54. The minimum absolute atomic E-state index is 0.0906. The summed E-state index contributed by atoms with van der Waals surface area (Å²) >= 11 is 0. The third-order valence-electron chi connectivity index (χ3n) is 4.77. The average Bonchev–Trinajstić information content (AvgIpc) is 3.23. The van der Waals surface area contributed by atoms with Gasteiger partial charge in [0.1, 0.15) is 6.54 Å². The van der Waals surface area contributed by atoms with Gasteiger partial charge in [0.25, 0.3) is 0 Å². The highest BCUT2D eigenvalue weighted by atomic mass is 16.5. The largest absolute Gasteiger partial charge is 0.373 e. The van der Waals surface area contributed by atoms with Gasteiger partial charge >= 0.3 is 0 Å². The van der Waals surface area contributed by atoms with Gasteiger partial charge in [-0.1, -0.05) is 19.1 Å². The highest BCUT2D eigenvalue weighted by molar-refractivity contribution is 5.94. The fourth-order valence-electron chi connectivity index (χ4n) is 3.51. The van der Waals surface area contributed by atoms with E-state index in [9.17, 15) is 4.79 Å². The Balaban J connectivity index is 1.54. The Morgan fingerprint density at radius 2 is 2.20 bits per heavy atom. The van der Waals surface area contributed by atoms with Gasteiger partial charge in [-0.05, 0) is 50.3 Å². The highest BCUT2D eigenvalue weighted by Gasteiger charge is 2.41. The number of carbonyl (C=O) groups is 1. The van der Waals surface area contributed by atoms with Crippen LogP contribution in [0.15, 0.2) is 29.3 Å². The van der Waals surface area contributed by atoms with Crippen LogP contribution in [-0.4, -0.2) is 43.2 Å². The molecule has 3 unspecified atom stereocenters. The number of amides is 1. The van der Waals surface area contributed by atoms with Crippen molar-refractivity contribution in [3.05, 3.63) is 29.8 Å². The molecule has 0 aromatic heterocycles. The molecule has 2 saturated heterocycles. The zero-order valence-electron chi connectivity index (χ0n) is 15.0. The Bertz CT molecular complexity index is 632. The number of benzene rings is 1. The SMILES string of the molecule is CCNC(=NCC(=O)Nc1cccc(CC)c1)NC1CC2CCC1O2. The van der Waals surface area contributed by atoms with E-state index in [-0.39, 0.29) is 18.6 Å². The summed E-state index contributed by atoms with van der Waals surface area (Å²) in [6, 6.07) is 8.20. The van der Waals surface area contributed by atoms with Gasteiger partial charge in [0.15, 0.2) is 5.96 Å². The van der Waals surface area contributed by atoms with Crippen molar-refractivity contribution in [2.75, 3.05) is 18.4 Å². The third-order valence-corrected chi connectivity index (χ3v) is 4.77. The maximum atomic E-state index is 12.2. The van der Waals surface area contributed by atoms with Crippen molar-refractivity contribution in [2.45, 2.75) is 57.8 Å². The molecule has 3 rings (SSSR count). The first-order valence-electron chi connectivity index (χ1n) is 9.27. The molecule has 0 saturated carbocycles. The zero-order chi connectivity index (χ0) is 17.6. The number of carbonyl (C=O) groups excluding carboxylic acids is 1. The molecule has 25 heavy (non-hydrogen) atoms. The van der Waals surface area contributed by atoms with Crippen molar-refractivity contribution in [3.8, 4) is 0 Å². The van der Waals surface area contributed by atoms with E-state index in [1.165, 1.54) is 5.56 Å². The van der Waals surface area contributed by atoms with Crippen LogP contribution in [0.2, 0.25) is 0 Å². The van der Waals surface area contributed by atoms with Gasteiger partial charge < -0.3 is 20.7 Å². The first-order valence-corrected chi connectivity index (χ1v) is 9.27. The summed E-state index contributed by atoms with van der Waals surface area (Å²) in [4.78, 5) is 16.6. The second kappa shape index (κ2) is 8.34. The standard InChI is InChI=1S/C19H28N4O2/c1-3-13-6-5-7-14(10-13)22-18(24)12-21-19(20-4-2)23-16-11-15-8-9-17(16)25-15/h5-7,10,15-17H,3-4,8-9,11-12H2,1-2H3,(H,22,24)(H2,20,21,23). The van der Waals surface area contributed by atoms with Crippen LogP contribution in [0, 0.1) is 0 Å². The van der Waals surface area contributed by atoms with E-state index in [0.717, 1.165) is 37.9 Å². The predicted molar refractivity (Wildman–Crippen MR) is 99.9 cm³/mol. The van der Waals surface area contributed by atoms with E-state index in [4.69, 9.17) is 4.74 Å². The number of aliphatic imine (C=N–C) groups is 1. The molecule has 2 bridgehead atoms. The summed E-state index contributed by atoms with van der Waals surface area (Å²) < 4.78 is 5.87. The van der Waals surface area contributed by atoms with Gasteiger partial charge in [-0.3, -0.25) is 4.79 Å². The van der Waals surface area contributed by atoms with Crippen LogP contribution in [-0.2, 0) is 16.0 Å².